The molecule has 1 aromatic carbocycles. The lowest BCUT2D eigenvalue weighted by Crippen LogP contribution is -2.95. The van der Waals surface area contributed by atoms with Gasteiger partial charge in [0.25, 0.3) is 5.91 Å². The first-order chi connectivity index (χ1) is 15.0. The van der Waals surface area contributed by atoms with Gasteiger partial charge in [0, 0.05) is 24.6 Å². The number of rotatable bonds is 3. The average Bonchev–Trinajstić information content (AvgIpc) is 2.62. The number of benzene rings is 1. The largest absolute Gasteiger partial charge is 0.416 e. The summed E-state index contributed by atoms with van der Waals surface area (Å²) in [5, 5.41) is 2.72. The highest BCUT2D eigenvalue weighted by Gasteiger charge is 2.85. The van der Waals surface area contributed by atoms with Crippen LogP contribution < -0.4 is 16.2 Å². The minimum Gasteiger partial charge on any atom is -0.308 e. The number of likely N-dealkylation sites (tertiary alicyclic amines) is 1. The number of hydrazine groups is 1. The van der Waals surface area contributed by atoms with Crippen LogP contribution in [0.15, 0.2) is 18.2 Å². The number of carbonyl (C=O) groups excluding carboxylic acids is 3. The van der Waals surface area contributed by atoms with Gasteiger partial charge in [-0.05, 0) is 60.8 Å². The summed E-state index contributed by atoms with van der Waals surface area (Å²) in [6.45, 7) is 3.35. The van der Waals surface area contributed by atoms with Gasteiger partial charge < -0.3 is 10.2 Å². The highest BCUT2D eigenvalue weighted by molar-refractivity contribution is 6.01. The molecule has 4 aliphatic rings. The van der Waals surface area contributed by atoms with Crippen molar-refractivity contribution in [2.24, 2.45) is 11.3 Å². The molecule has 4 amide bonds. The topological polar surface area (TPSA) is 90.5 Å². The number of nitrogens with one attached hydrogen (secondary N) is 3. The van der Waals surface area contributed by atoms with Crippen LogP contribution in [0.3, 0.4) is 0 Å². The second-order valence-electron chi connectivity index (χ2n) is 9.87. The Kier molecular flexibility index (Phi) is 4.36. The van der Waals surface area contributed by atoms with E-state index in [9.17, 15) is 27.6 Å². The summed E-state index contributed by atoms with van der Waals surface area (Å²) in [5.74, 6) is -1.01. The fraction of sp³-hybridized carbons (Fsp3) is 0.591. The average molecular weight is 450 g/mol. The smallest absolute Gasteiger partial charge is 0.308 e. The molecule has 1 aliphatic heterocycles. The highest BCUT2D eigenvalue weighted by Crippen LogP contribution is 2.76. The van der Waals surface area contributed by atoms with Gasteiger partial charge in [-0.1, -0.05) is 13.3 Å². The molecule has 3 N–H and O–H groups in total. The molecule has 0 bridgehead atoms. The van der Waals surface area contributed by atoms with Crippen molar-refractivity contribution in [1.29, 1.82) is 0 Å². The Morgan fingerprint density at radius 1 is 1.16 bits per heavy atom. The predicted octanol–water partition coefficient (Wildman–Crippen LogP) is 3.53. The fourth-order valence-electron chi connectivity index (χ4n) is 6.44. The maximum absolute atomic E-state index is 13.4. The van der Waals surface area contributed by atoms with E-state index in [1.165, 1.54) is 24.0 Å². The van der Waals surface area contributed by atoms with Gasteiger partial charge in [0.05, 0.1) is 5.56 Å². The summed E-state index contributed by atoms with van der Waals surface area (Å²) >= 11 is 0. The molecule has 32 heavy (non-hydrogen) atoms. The molecule has 1 unspecified atom stereocenters. The van der Waals surface area contributed by atoms with E-state index in [1.807, 2.05) is 0 Å². The number of hydrogen-bond donors (Lipinski definition) is 3. The molecule has 1 aromatic rings. The molecule has 0 spiro atoms. The number of alkyl halides is 3. The Morgan fingerprint density at radius 2 is 1.88 bits per heavy atom. The molecule has 10 heteroatoms. The normalized spacial score (nSPS) is 32.3. The number of nitrogens with zero attached hydrogens (tertiary/aromatic N) is 1. The van der Waals surface area contributed by atoms with Crippen molar-refractivity contribution < 1.29 is 27.6 Å². The van der Waals surface area contributed by atoms with Crippen LogP contribution in [0, 0.1) is 11.3 Å². The van der Waals surface area contributed by atoms with E-state index in [4.69, 9.17) is 0 Å². The van der Waals surface area contributed by atoms with Crippen molar-refractivity contribution in [3.8, 4) is 0 Å². The van der Waals surface area contributed by atoms with Crippen molar-refractivity contribution in [3.63, 3.8) is 0 Å². The van der Waals surface area contributed by atoms with Crippen molar-refractivity contribution in [3.05, 3.63) is 29.3 Å². The van der Waals surface area contributed by atoms with Crippen molar-refractivity contribution in [2.75, 3.05) is 5.32 Å². The van der Waals surface area contributed by atoms with Crippen molar-refractivity contribution >= 4 is 23.5 Å². The minimum atomic E-state index is -4.45. The molecule has 1 saturated heterocycles. The monoisotopic (exact) mass is 450 g/mol. The summed E-state index contributed by atoms with van der Waals surface area (Å²) in [7, 11) is 0. The Labute approximate surface area is 183 Å². The van der Waals surface area contributed by atoms with Gasteiger partial charge in [-0.15, -0.1) is 0 Å². The summed E-state index contributed by atoms with van der Waals surface area (Å²) < 4.78 is 40.3. The number of carbonyl (C=O) groups is 3. The number of piperidine rings is 3. The van der Waals surface area contributed by atoms with Gasteiger partial charge in [-0.3, -0.25) is 20.4 Å². The van der Waals surface area contributed by atoms with Gasteiger partial charge >= 0.3 is 12.2 Å². The third-order valence-corrected chi connectivity index (χ3v) is 7.88. The molecule has 4 fully saturated rings. The zero-order chi connectivity index (χ0) is 23.1. The van der Waals surface area contributed by atoms with Gasteiger partial charge in [0.2, 0.25) is 5.91 Å². The number of halogens is 3. The van der Waals surface area contributed by atoms with E-state index in [1.54, 1.807) is 0 Å². The molecule has 5 rings (SSSR count). The molecule has 4 atom stereocenters. The van der Waals surface area contributed by atoms with Gasteiger partial charge in [-0.2, -0.15) is 13.2 Å². The molecule has 0 radical (unpaired) electrons. The Bertz CT molecular complexity index is 1020. The standard InChI is InChI=1S/C22H25F3N4O3/c1-11(30)27-28-18(31)21-10-20(2)9-16(17(20)21)29(21)19(32)26-13-6-7-15(22(23,24)25)14(8-13)12-4-3-5-12/h6-8,12,16-17H,3-5,9-10H2,1-2H3,(H,26,32)(H,27,30)(H,28,31)/t16-,17?,20-,21+/m0/s1. The molecule has 172 valence electrons. The highest BCUT2D eigenvalue weighted by atomic mass is 19.4. The van der Waals surface area contributed by atoms with Crippen LogP contribution in [-0.4, -0.2) is 34.3 Å². The summed E-state index contributed by atoms with van der Waals surface area (Å²) in [5.41, 5.74) is 3.46. The quantitative estimate of drug-likeness (QED) is 0.616. The van der Waals surface area contributed by atoms with Crippen LogP contribution in [-0.2, 0) is 15.8 Å². The fourth-order valence-corrected chi connectivity index (χ4v) is 6.44. The first-order valence-corrected chi connectivity index (χ1v) is 10.9. The van der Waals surface area contributed by atoms with Crippen LogP contribution in [0.2, 0.25) is 0 Å². The lowest BCUT2D eigenvalue weighted by atomic mass is 9.31. The van der Waals surface area contributed by atoms with Gasteiger partial charge in [0.15, 0.2) is 0 Å². The zero-order valence-electron chi connectivity index (χ0n) is 17.8. The second-order valence-corrected chi connectivity index (χ2v) is 9.87. The lowest BCUT2D eigenvalue weighted by molar-refractivity contribution is -0.320. The molecule has 3 saturated carbocycles. The predicted molar refractivity (Wildman–Crippen MR) is 108 cm³/mol. The number of hydrogen-bond acceptors (Lipinski definition) is 3. The van der Waals surface area contributed by atoms with Crippen LogP contribution in [0.4, 0.5) is 23.7 Å². The van der Waals surface area contributed by atoms with Crippen LogP contribution in [0.1, 0.15) is 63.0 Å². The number of anilines is 1. The van der Waals surface area contributed by atoms with E-state index in [0.717, 1.165) is 18.9 Å². The number of amides is 4. The Hall–Kier alpha value is -2.78. The van der Waals surface area contributed by atoms with Gasteiger partial charge in [-0.25, -0.2) is 4.79 Å². The van der Waals surface area contributed by atoms with E-state index in [-0.39, 0.29) is 34.5 Å². The van der Waals surface area contributed by atoms with E-state index in [2.05, 4.69) is 23.1 Å². The molecule has 1 heterocycles. The molecule has 3 aliphatic carbocycles. The molecular formula is C22H25F3N4O3. The minimum absolute atomic E-state index is 0.000754. The lowest BCUT2D eigenvalue weighted by Gasteiger charge is -2.84. The van der Waals surface area contributed by atoms with E-state index in [0.29, 0.717) is 19.3 Å². The van der Waals surface area contributed by atoms with E-state index >= 15 is 0 Å². The third kappa shape index (κ3) is 2.77. The first kappa shape index (κ1) is 21.1. The summed E-state index contributed by atoms with van der Waals surface area (Å²) in [4.78, 5) is 38.7. The van der Waals surface area contributed by atoms with Crippen LogP contribution >= 0.6 is 0 Å². The maximum atomic E-state index is 13.4. The molecule has 7 nitrogen and oxygen atoms in total. The van der Waals surface area contributed by atoms with Crippen molar-refractivity contribution in [2.45, 2.75) is 69.6 Å². The molecule has 0 aromatic heterocycles. The SMILES string of the molecule is CC(=O)NNC(=O)[C@@]12C[C@]3(C)C[C@@H](C31)N2C(=O)Nc1ccc(C(F)(F)F)c(C2CCC2)c1. The van der Waals surface area contributed by atoms with Crippen LogP contribution in [0.5, 0.6) is 0 Å². The van der Waals surface area contributed by atoms with Gasteiger partial charge in [0.1, 0.15) is 5.54 Å². The Balaban J connectivity index is 1.37. The van der Waals surface area contributed by atoms with Crippen LogP contribution in [0.25, 0.3) is 0 Å². The first-order valence-electron chi connectivity index (χ1n) is 10.9. The van der Waals surface area contributed by atoms with Crippen molar-refractivity contribution in [1.82, 2.24) is 15.8 Å². The second kappa shape index (κ2) is 6.62. The maximum Gasteiger partial charge on any atom is 0.416 e. The molecular weight excluding hydrogens is 425 g/mol. The summed E-state index contributed by atoms with van der Waals surface area (Å²) in [6, 6.07) is 3.10. The summed E-state index contributed by atoms with van der Waals surface area (Å²) in [6.07, 6.45) is -0.907. The number of urea groups is 1. The zero-order valence-corrected chi connectivity index (χ0v) is 17.8. The van der Waals surface area contributed by atoms with E-state index < -0.39 is 35.1 Å². The third-order valence-electron chi connectivity index (χ3n) is 7.88. The Morgan fingerprint density at radius 3 is 2.41 bits per heavy atom.